The van der Waals surface area contributed by atoms with E-state index in [-0.39, 0.29) is 0 Å². The molecular formula is C17H17N. The number of benzene rings is 2. The van der Waals surface area contributed by atoms with Gasteiger partial charge in [-0.25, -0.2) is 0 Å². The summed E-state index contributed by atoms with van der Waals surface area (Å²) in [4.78, 5) is 2.28. The van der Waals surface area contributed by atoms with Crippen LogP contribution in [0.4, 0.5) is 5.69 Å². The average molecular weight is 235 g/mol. The van der Waals surface area contributed by atoms with E-state index in [0.717, 1.165) is 13.1 Å². The van der Waals surface area contributed by atoms with Gasteiger partial charge in [-0.15, -0.1) is 5.92 Å². The molecule has 0 aliphatic heterocycles. The summed E-state index contributed by atoms with van der Waals surface area (Å²) in [7, 11) is 0. The molecule has 0 aliphatic rings. The molecule has 0 N–H and O–H groups in total. The number of nitrogens with zero attached hydrogens (tertiary/aromatic N) is 1. The fraction of sp³-hybridized carbons (Fsp3) is 0.176. The third kappa shape index (κ3) is 3.40. The number of hydrogen-bond donors (Lipinski definition) is 0. The Hall–Kier alpha value is -2.20. The van der Waals surface area contributed by atoms with Crippen molar-refractivity contribution in [3.63, 3.8) is 0 Å². The molecule has 0 saturated heterocycles. The van der Waals surface area contributed by atoms with Gasteiger partial charge in [0.05, 0.1) is 6.54 Å². The molecule has 1 heteroatoms. The molecule has 2 rings (SSSR count). The van der Waals surface area contributed by atoms with Crippen LogP contribution in [0.15, 0.2) is 60.7 Å². The summed E-state index contributed by atoms with van der Waals surface area (Å²) in [5, 5.41) is 0. The first-order chi connectivity index (χ1) is 8.90. The Morgan fingerprint density at radius 3 is 2.11 bits per heavy atom. The van der Waals surface area contributed by atoms with Crippen molar-refractivity contribution < 1.29 is 0 Å². The standard InChI is InChI=1S/C17H17N/c1-2-3-14-18(17-12-8-5-9-13-17)15-16-10-6-4-7-11-16/h4-13H,14-15H2,1H3. The van der Waals surface area contributed by atoms with Gasteiger partial charge in [0.2, 0.25) is 0 Å². The van der Waals surface area contributed by atoms with E-state index in [1.807, 2.05) is 19.1 Å². The lowest BCUT2D eigenvalue weighted by atomic mass is 10.2. The second-order valence-electron chi connectivity index (χ2n) is 4.10. The molecular weight excluding hydrogens is 218 g/mol. The van der Waals surface area contributed by atoms with Gasteiger partial charge in [0.1, 0.15) is 0 Å². The average Bonchev–Trinajstić information content (AvgIpc) is 2.45. The highest BCUT2D eigenvalue weighted by atomic mass is 15.1. The smallest absolute Gasteiger partial charge is 0.0798 e. The first-order valence-electron chi connectivity index (χ1n) is 6.13. The first kappa shape index (κ1) is 12.3. The molecule has 0 heterocycles. The van der Waals surface area contributed by atoms with Gasteiger partial charge in [-0.05, 0) is 24.6 Å². The van der Waals surface area contributed by atoms with Crippen molar-refractivity contribution in [1.82, 2.24) is 0 Å². The lowest BCUT2D eigenvalue weighted by molar-refractivity contribution is 0.878. The van der Waals surface area contributed by atoms with Gasteiger partial charge in [-0.1, -0.05) is 54.5 Å². The Morgan fingerprint density at radius 2 is 1.50 bits per heavy atom. The molecule has 0 aliphatic carbocycles. The van der Waals surface area contributed by atoms with Gasteiger partial charge in [-0.3, -0.25) is 0 Å². The quantitative estimate of drug-likeness (QED) is 0.730. The summed E-state index contributed by atoms with van der Waals surface area (Å²) in [5.41, 5.74) is 2.52. The van der Waals surface area contributed by atoms with Crippen molar-refractivity contribution in [2.24, 2.45) is 0 Å². The molecule has 0 bridgehead atoms. The summed E-state index contributed by atoms with van der Waals surface area (Å²) in [6.45, 7) is 3.53. The van der Waals surface area contributed by atoms with Crippen LogP contribution >= 0.6 is 0 Å². The highest BCUT2D eigenvalue weighted by molar-refractivity contribution is 5.47. The van der Waals surface area contributed by atoms with Crippen LogP contribution in [0.2, 0.25) is 0 Å². The third-order valence-corrected chi connectivity index (χ3v) is 2.78. The maximum atomic E-state index is 3.14. The second-order valence-corrected chi connectivity index (χ2v) is 4.10. The summed E-state index contributed by atoms with van der Waals surface area (Å²) >= 11 is 0. The Morgan fingerprint density at radius 1 is 0.889 bits per heavy atom. The van der Waals surface area contributed by atoms with Crippen LogP contribution in [0, 0.1) is 11.8 Å². The van der Waals surface area contributed by atoms with Gasteiger partial charge in [0.25, 0.3) is 0 Å². The molecule has 90 valence electrons. The lowest BCUT2D eigenvalue weighted by Crippen LogP contribution is -2.22. The van der Waals surface area contributed by atoms with Crippen LogP contribution in [0.5, 0.6) is 0 Å². The van der Waals surface area contributed by atoms with E-state index in [2.05, 4.69) is 65.3 Å². The van der Waals surface area contributed by atoms with E-state index in [9.17, 15) is 0 Å². The molecule has 18 heavy (non-hydrogen) atoms. The zero-order chi connectivity index (χ0) is 12.6. The van der Waals surface area contributed by atoms with E-state index in [0.29, 0.717) is 0 Å². The summed E-state index contributed by atoms with van der Waals surface area (Å²) in [6, 6.07) is 20.9. The van der Waals surface area contributed by atoms with Crippen LogP contribution in [0.25, 0.3) is 0 Å². The number of rotatable bonds is 4. The molecule has 0 atom stereocenters. The number of anilines is 1. The van der Waals surface area contributed by atoms with Crippen LogP contribution in [0.1, 0.15) is 12.5 Å². The SMILES string of the molecule is CC#CCN(Cc1ccccc1)c1ccccc1. The number of hydrogen-bond acceptors (Lipinski definition) is 1. The predicted molar refractivity (Wildman–Crippen MR) is 77.4 cm³/mol. The maximum Gasteiger partial charge on any atom is 0.0798 e. The molecule has 2 aromatic carbocycles. The highest BCUT2D eigenvalue weighted by Gasteiger charge is 2.04. The van der Waals surface area contributed by atoms with Crippen molar-refractivity contribution >= 4 is 5.69 Å². The lowest BCUT2D eigenvalue weighted by Gasteiger charge is -2.22. The van der Waals surface area contributed by atoms with Crippen molar-refractivity contribution in [2.45, 2.75) is 13.5 Å². The zero-order valence-corrected chi connectivity index (χ0v) is 10.6. The van der Waals surface area contributed by atoms with Gasteiger partial charge in [-0.2, -0.15) is 0 Å². The molecule has 0 radical (unpaired) electrons. The summed E-state index contributed by atoms with van der Waals surface area (Å²) in [5.74, 6) is 6.11. The Labute approximate surface area is 109 Å². The highest BCUT2D eigenvalue weighted by Crippen LogP contribution is 2.16. The summed E-state index contributed by atoms with van der Waals surface area (Å²) in [6.07, 6.45) is 0. The van der Waals surface area contributed by atoms with Crippen molar-refractivity contribution in [3.8, 4) is 11.8 Å². The van der Waals surface area contributed by atoms with Gasteiger partial charge in [0.15, 0.2) is 0 Å². The minimum absolute atomic E-state index is 0.759. The fourth-order valence-corrected chi connectivity index (χ4v) is 1.86. The minimum Gasteiger partial charge on any atom is -0.356 e. The van der Waals surface area contributed by atoms with E-state index in [1.165, 1.54) is 11.3 Å². The molecule has 0 aromatic heterocycles. The van der Waals surface area contributed by atoms with E-state index in [1.54, 1.807) is 0 Å². The Bertz CT molecular complexity index is 520. The van der Waals surface area contributed by atoms with Gasteiger partial charge in [0, 0.05) is 12.2 Å². The monoisotopic (exact) mass is 235 g/mol. The normalized spacial score (nSPS) is 9.39. The second kappa shape index (κ2) is 6.51. The van der Waals surface area contributed by atoms with Crippen molar-refractivity contribution in [2.75, 3.05) is 11.4 Å². The topological polar surface area (TPSA) is 3.24 Å². The van der Waals surface area contributed by atoms with E-state index >= 15 is 0 Å². The van der Waals surface area contributed by atoms with Crippen molar-refractivity contribution in [3.05, 3.63) is 66.2 Å². The van der Waals surface area contributed by atoms with E-state index < -0.39 is 0 Å². The Balaban J connectivity index is 2.17. The molecule has 0 unspecified atom stereocenters. The van der Waals surface area contributed by atoms with Crippen LogP contribution in [-0.2, 0) is 6.54 Å². The zero-order valence-electron chi connectivity index (χ0n) is 10.6. The van der Waals surface area contributed by atoms with Gasteiger partial charge < -0.3 is 4.90 Å². The van der Waals surface area contributed by atoms with Gasteiger partial charge >= 0.3 is 0 Å². The predicted octanol–water partition coefficient (Wildman–Crippen LogP) is 3.72. The molecule has 0 fully saturated rings. The fourth-order valence-electron chi connectivity index (χ4n) is 1.86. The van der Waals surface area contributed by atoms with Crippen LogP contribution < -0.4 is 4.90 Å². The van der Waals surface area contributed by atoms with Crippen LogP contribution in [0.3, 0.4) is 0 Å². The minimum atomic E-state index is 0.759. The molecule has 0 spiro atoms. The Kier molecular flexibility index (Phi) is 4.44. The van der Waals surface area contributed by atoms with Crippen molar-refractivity contribution in [1.29, 1.82) is 0 Å². The largest absolute Gasteiger partial charge is 0.356 e. The van der Waals surface area contributed by atoms with E-state index in [4.69, 9.17) is 0 Å². The number of para-hydroxylation sites is 1. The maximum absolute atomic E-state index is 3.14. The van der Waals surface area contributed by atoms with Crippen LogP contribution in [-0.4, -0.2) is 6.54 Å². The third-order valence-electron chi connectivity index (χ3n) is 2.78. The molecule has 0 amide bonds. The molecule has 1 nitrogen and oxygen atoms in total. The summed E-state index contributed by atoms with van der Waals surface area (Å²) < 4.78 is 0. The first-order valence-corrected chi connectivity index (χ1v) is 6.13. The molecule has 0 saturated carbocycles. The molecule has 2 aromatic rings.